The molecule has 1 aliphatic heterocycles. The van der Waals surface area contributed by atoms with Crippen LogP contribution in [0, 0.1) is 0 Å². The minimum Gasteiger partial charge on any atom is -0.345 e. The lowest BCUT2D eigenvalue weighted by molar-refractivity contribution is -0.166. The molecule has 0 radical (unpaired) electrons. The summed E-state index contributed by atoms with van der Waals surface area (Å²) in [5, 5.41) is 21.5. The monoisotopic (exact) mass is 311 g/mol. The van der Waals surface area contributed by atoms with Crippen molar-refractivity contribution in [2.75, 3.05) is 0 Å². The molecule has 2 N–H and O–H groups in total. The maximum atomic E-state index is 12.9. The standard InChI is InChI=1S/C11H8F3N7O/c12-11(13,14)10(18-19-10)7-3-1-2-6(4-7)9(22)15-5-8-16-20-21-17-8/h1-4H,5H2,(H,15,22)(H,16,17,20,21). The number of rotatable bonds is 4. The molecule has 0 unspecified atom stereocenters. The highest BCUT2D eigenvalue weighted by Crippen LogP contribution is 2.52. The zero-order valence-corrected chi connectivity index (χ0v) is 10.8. The molecule has 2 heterocycles. The minimum atomic E-state index is -4.63. The number of alkyl halides is 3. The SMILES string of the molecule is O=C(NCc1nn[nH]n1)c1cccc(C2(C(F)(F)F)N=N2)c1. The van der Waals surface area contributed by atoms with Gasteiger partial charge in [0.15, 0.2) is 5.82 Å². The Morgan fingerprint density at radius 1 is 1.32 bits per heavy atom. The second kappa shape index (κ2) is 4.86. The summed E-state index contributed by atoms with van der Waals surface area (Å²) < 4.78 is 38.8. The summed E-state index contributed by atoms with van der Waals surface area (Å²) in [6, 6.07) is 5.07. The summed E-state index contributed by atoms with van der Waals surface area (Å²) in [7, 11) is 0. The van der Waals surface area contributed by atoms with Gasteiger partial charge in [-0.1, -0.05) is 17.3 Å². The van der Waals surface area contributed by atoms with Crippen LogP contribution in [0.15, 0.2) is 34.5 Å². The highest BCUT2D eigenvalue weighted by Gasteiger charge is 2.65. The molecule has 22 heavy (non-hydrogen) atoms. The van der Waals surface area contributed by atoms with Gasteiger partial charge in [0.1, 0.15) is 0 Å². The van der Waals surface area contributed by atoms with Crippen LogP contribution in [0.2, 0.25) is 0 Å². The number of aromatic nitrogens is 4. The smallest absolute Gasteiger partial charge is 0.345 e. The van der Waals surface area contributed by atoms with Crippen molar-refractivity contribution in [3.8, 4) is 0 Å². The fourth-order valence-electron chi connectivity index (χ4n) is 1.84. The Labute approximate surface area is 120 Å². The van der Waals surface area contributed by atoms with Gasteiger partial charge in [0.2, 0.25) is 0 Å². The van der Waals surface area contributed by atoms with Crippen molar-refractivity contribution in [1.29, 1.82) is 0 Å². The fourth-order valence-corrected chi connectivity index (χ4v) is 1.84. The Morgan fingerprint density at radius 3 is 2.68 bits per heavy atom. The predicted octanol–water partition coefficient (Wildman–Crippen LogP) is 1.31. The van der Waals surface area contributed by atoms with Crippen LogP contribution >= 0.6 is 0 Å². The lowest BCUT2D eigenvalue weighted by Gasteiger charge is -2.15. The molecule has 0 saturated carbocycles. The average Bonchev–Trinajstić information content (AvgIpc) is 3.16. The maximum Gasteiger partial charge on any atom is 0.442 e. The number of nitrogens with zero attached hydrogens (tertiary/aromatic N) is 5. The summed E-state index contributed by atoms with van der Waals surface area (Å²) >= 11 is 0. The maximum absolute atomic E-state index is 12.9. The van der Waals surface area contributed by atoms with Crippen molar-refractivity contribution < 1.29 is 18.0 Å². The van der Waals surface area contributed by atoms with E-state index in [1.165, 1.54) is 18.2 Å². The van der Waals surface area contributed by atoms with Crippen LogP contribution in [-0.4, -0.2) is 32.7 Å². The van der Waals surface area contributed by atoms with Crippen molar-refractivity contribution in [2.45, 2.75) is 18.4 Å². The lowest BCUT2D eigenvalue weighted by Crippen LogP contribution is -2.30. The van der Waals surface area contributed by atoms with Gasteiger partial charge in [-0.25, -0.2) is 0 Å². The Kier molecular flexibility index (Phi) is 3.11. The third kappa shape index (κ3) is 2.40. The van der Waals surface area contributed by atoms with Crippen molar-refractivity contribution >= 4 is 5.91 Å². The van der Waals surface area contributed by atoms with Crippen LogP contribution in [-0.2, 0) is 12.2 Å². The van der Waals surface area contributed by atoms with Gasteiger partial charge in [0.05, 0.1) is 6.54 Å². The van der Waals surface area contributed by atoms with Crippen LogP contribution in [0.1, 0.15) is 21.7 Å². The van der Waals surface area contributed by atoms with Gasteiger partial charge in [-0.05, 0) is 12.1 Å². The van der Waals surface area contributed by atoms with Crippen LogP contribution in [0.4, 0.5) is 13.2 Å². The normalized spacial score (nSPS) is 15.6. The average molecular weight is 311 g/mol. The molecule has 0 fully saturated rings. The first-order valence-corrected chi connectivity index (χ1v) is 6.04. The third-order valence-corrected chi connectivity index (χ3v) is 3.02. The van der Waals surface area contributed by atoms with Gasteiger partial charge in [-0.3, -0.25) is 4.79 Å². The zero-order chi connectivity index (χ0) is 15.8. The Balaban J connectivity index is 1.75. The zero-order valence-electron chi connectivity index (χ0n) is 10.8. The molecule has 8 nitrogen and oxygen atoms in total. The first-order chi connectivity index (χ1) is 10.4. The number of carbonyl (C=O) groups is 1. The fraction of sp³-hybridized carbons (Fsp3) is 0.273. The topological polar surface area (TPSA) is 108 Å². The summed E-state index contributed by atoms with van der Waals surface area (Å²) in [5.74, 6) is -0.312. The second-order valence-electron chi connectivity index (χ2n) is 4.46. The number of nitrogens with one attached hydrogen (secondary N) is 2. The molecule has 114 valence electrons. The molecule has 0 saturated heterocycles. The molecule has 0 bridgehead atoms. The van der Waals surface area contributed by atoms with Gasteiger partial charge in [-0.15, -0.1) is 20.4 Å². The number of aromatic amines is 1. The highest BCUT2D eigenvalue weighted by molar-refractivity contribution is 5.94. The predicted molar refractivity (Wildman–Crippen MR) is 64.4 cm³/mol. The molecule has 1 aromatic heterocycles. The van der Waals surface area contributed by atoms with E-state index in [0.29, 0.717) is 0 Å². The molecule has 0 spiro atoms. The largest absolute Gasteiger partial charge is 0.442 e. The second-order valence-corrected chi connectivity index (χ2v) is 4.46. The van der Waals surface area contributed by atoms with Gasteiger partial charge in [0, 0.05) is 11.1 Å². The van der Waals surface area contributed by atoms with Crippen LogP contribution in [0.3, 0.4) is 0 Å². The number of carbonyl (C=O) groups excluding carboxylic acids is 1. The Morgan fingerprint density at radius 2 is 2.09 bits per heavy atom. The first-order valence-electron chi connectivity index (χ1n) is 6.04. The number of benzene rings is 1. The van der Waals surface area contributed by atoms with Crippen LogP contribution in [0.5, 0.6) is 0 Å². The quantitative estimate of drug-likeness (QED) is 0.887. The van der Waals surface area contributed by atoms with Crippen LogP contribution < -0.4 is 5.32 Å². The molecule has 1 aliphatic rings. The number of H-pyrrole nitrogens is 1. The number of hydrogen-bond donors (Lipinski definition) is 2. The Hall–Kier alpha value is -2.85. The summed E-state index contributed by atoms with van der Waals surface area (Å²) in [6.07, 6.45) is -4.63. The van der Waals surface area contributed by atoms with Gasteiger partial charge in [-0.2, -0.15) is 18.4 Å². The molecule has 2 aromatic rings. The van der Waals surface area contributed by atoms with E-state index in [2.05, 4.69) is 36.2 Å². The van der Waals surface area contributed by atoms with Gasteiger partial charge >= 0.3 is 11.8 Å². The molecule has 1 amide bonds. The number of tetrazole rings is 1. The van der Waals surface area contributed by atoms with Crippen molar-refractivity contribution in [1.82, 2.24) is 25.9 Å². The highest BCUT2D eigenvalue weighted by atomic mass is 19.4. The summed E-state index contributed by atoms with van der Waals surface area (Å²) in [6.45, 7) is -0.00127. The molecule has 0 aliphatic carbocycles. The van der Waals surface area contributed by atoms with Crippen molar-refractivity contribution in [2.24, 2.45) is 10.2 Å². The van der Waals surface area contributed by atoms with Gasteiger partial charge in [0.25, 0.3) is 5.91 Å². The summed E-state index contributed by atoms with van der Waals surface area (Å²) in [5.41, 5.74) is -2.69. The molecular weight excluding hydrogens is 303 g/mol. The number of hydrogen-bond acceptors (Lipinski definition) is 6. The number of halogens is 3. The molecule has 1 aromatic carbocycles. The van der Waals surface area contributed by atoms with Crippen molar-refractivity contribution in [3.05, 3.63) is 41.2 Å². The minimum absolute atomic E-state index is 0.00127. The third-order valence-electron chi connectivity index (χ3n) is 3.02. The molecule has 0 atom stereocenters. The van der Waals surface area contributed by atoms with Gasteiger partial charge < -0.3 is 5.32 Å². The van der Waals surface area contributed by atoms with E-state index in [-0.39, 0.29) is 23.5 Å². The molecular formula is C11H8F3N7O. The first kappa shape index (κ1) is 14.1. The number of amides is 1. The lowest BCUT2D eigenvalue weighted by atomic mass is 10.0. The summed E-state index contributed by atoms with van der Waals surface area (Å²) in [4.78, 5) is 11.9. The van der Waals surface area contributed by atoms with E-state index >= 15 is 0 Å². The molecule has 11 heteroatoms. The molecule has 3 rings (SSSR count). The van der Waals surface area contributed by atoms with Crippen molar-refractivity contribution in [3.63, 3.8) is 0 Å². The van der Waals surface area contributed by atoms with E-state index in [0.717, 1.165) is 6.07 Å². The van der Waals surface area contributed by atoms with Crippen LogP contribution in [0.25, 0.3) is 0 Å². The van der Waals surface area contributed by atoms with E-state index < -0.39 is 17.7 Å². The van der Waals surface area contributed by atoms with E-state index in [4.69, 9.17) is 0 Å². The Bertz CT molecular complexity index is 720. The van der Waals surface area contributed by atoms with E-state index in [1.54, 1.807) is 0 Å². The van der Waals surface area contributed by atoms with E-state index in [1.807, 2.05) is 0 Å². The van der Waals surface area contributed by atoms with E-state index in [9.17, 15) is 18.0 Å².